The number of fused-ring (bicyclic) bond motifs is 1. The number of aromatic nitrogens is 2. The van der Waals surface area contributed by atoms with Crippen LogP contribution in [-0.2, 0) is 0 Å². The van der Waals surface area contributed by atoms with E-state index < -0.39 is 11.3 Å². The molecule has 1 heterocycles. The molecule has 0 bridgehead atoms. The van der Waals surface area contributed by atoms with Crippen LogP contribution in [0.5, 0.6) is 17.2 Å². The highest BCUT2D eigenvalue weighted by Crippen LogP contribution is 2.38. The van der Waals surface area contributed by atoms with E-state index in [4.69, 9.17) is 14.2 Å². The van der Waals surface area contributed by atoms with Crippen molar-refractivity contribution in [3.05, 3.63) is 56.5 Å². The molecule has 1 N–H and O–H groups in total. The molecule has 26 heavy (non-hydrogen) atoms. The molecule has 0 unspecified atom stereocenters. The van der Waals surface area contributed by atoms with Gasteiger partial charge in [0.1, 0.15) is 0 Å². The molecule has 1 aromatic heterocycles. The van der Waals surface area contributed by atoms with Crippen LogP contribution < -0.4 is 19.8 Å². The number of nitrogens with one attached hydrogen (secondary N) is 1. The maximum atomic E-state index is 12.9. The number of ketones is 1. The first-order valence-corrected chi connectivity index (χ1v) is 8.32. The summed E-state index contributed by atoms with van der Waals surface area (Å²) >= 11 is 3.33. The lowest BCUT2D eigenvalue weighted by atomic mass is 10.1. The van der Waals surface area contributed by atoms with Gasteiger partial charge in [0.2, 0.25) is 11.5 Å². The predicted molar refractivity (Wildman–Crippen MR) is 99.6 cm³/mol. The zero-order valence-corrected chi connectivity index (χ0v) is 15.8. The summed E-state index contributed by atoms with van der Waals surface area (Å²) in [7, 11) is 4.39. The molecule has 7 nitrogen and oxygen atoms in total. The SMILES string of the molecule is COc1cc(C(=O)c2nc3cc(Br)ccc3c(=O)[nH]2)cc(OC)c1OC. The fourth-order valence-corrected chi connectivity index (χ4v) is 2.92. The summed E-state index contributed by atoms with van der Waals surface area (Å²) in [4.78, 5) is 31.9. The third-order valence-electron chi connectivity index (χ3n) is 3.81. The van der Waals surface area contributed by atoms with E-state index >= 15 is 0 Å². The maximum Gasteiger partial charge on any atom is 0.259 e. The van der Waals surface area contributed by atoms with Crippen molar-refractivity contribution in [3.8, 4) is 17.2 Å². The molecule has 0 aliphatic heterocycles. The Balaban J connectivity index is 2.15. The molecular weight excluding hydrogens is 404 g/mol. The molecular formula is C18H15BrN2O5. The van der Waals surface area contributed by atoms with Gasteiger partial charge in [-0.05, 0) is 30.3 Å². The van der Waals surface area contributed by atoms with Gasteiger partial charge in [-0.25, -0.2) is 4.98 Å². The Morgan fingerprint density at radius 1 is 1.04 bits per heavy atom. The lowest BCUT2D eigenvalue weighted by Gasteiger charge is -2.13. The first kappa shape index (κ1) is 17.9. The standard InChI is InChI=1S/C18H15BrN2O5/c1-24-13-6-9(7-14(25-2)16(13)26-3)15(22)17-20-12-8-10(19)4-5-11(12)18(23)21-17/h4-8H,1-3H3,(H,20,21,23). The van der Waals surface area contributed by atoms with E-state index in [1.807, 2.05) is 0 Å². The highest BCUT2D eigenvalue weighted by molar-refractivity contribution is 9.10. The first-order valence-electron chi connectivity index (χ1n) is 7.52. The number of carbonyl (C=O) groups is 1. The molecule has 0 aliphatic rings. The highest BCUT2D eigenvalue weighted by Gasteiger charge is 2.20. The number of hydrogen-bond acceptors (Lipinski definition) is 6. The second kappa shape index (κ2) is 7.17. The number of H-pyrrole nitrogens is 1. The largest absolute Gasteiger partial charge is 0.493 e. The van der Waals surface area contributed by atoms with Gasteiger partial charge in [-0.3, -0.25) is 9.59 Å². The topological polar surface area (TPSA) is 90.5 Å². The summed E-state index contributed by atoms with van der Waals surface area (Å²) < 4.78 is 16.5. The van der Waals surface area contributed by atoms with Gasteiger partial charge < -0.3 is 19.2 Å². The maximum absolute atomic E-state index is 12.9. The number of ether oxygens (including phenoxy) is 3. The minimum atomic E-state index is -0.469. The Hall–Kier alpha value is -2.87. The Morgan fingerprint density at radius 2 is 1.69 bits per heavy atom. The number of halogens is 1. The fraction of sp³-hybridized carbons (Fsp3) is 0.167. The molecule has 0 aliphatic carbocycles. The molecule has 3 rings (SSSR count). The van der Waals surface area contributed by atoms with E-state index in [1.54, 1.807) is 18.2 Å². The molecule has 0 amide bonds. The van der Waals surface area contributed by atoms with Crippen LogP contribution in [0.25, 0.3) is 10.9 Å². The third-order valence-corrected chi connectivity index (χ3v) is 4.30. The molecule has 8 heteroatoms. The Morgan fingerprint density at radius 3 is 2.27 bits per heavy atom. The van der Waals surface area contributed by atoms with E-state index in [-0.39, 0.29) is 11.4 Å². The normalized spacial score (nSPS) is 10.6. The first-order chi connectivity index (χ1) is 12.5. The van der Waals surface area contributed by atoms with Gasteiger partial charge in [-0.1, -0.05) is 15.9 Å². The third kappa shape index (κ3) is 3.15. The van der Waals surface area contributed by atoms with Gasteiger partial charge in [-0.2, -0.15) is 0 Å². The van der Waals surface area contributed by atoms with Crippen LogP contribution in [0.3, 0.4) is 0 Å². The number of aromatic amines is 1. The van der Waals surface area contributed by atoms with E-state index in [9.17, 15) is 9.59 Å². The lowest BCUT2D eigenvalue weighted by Crippen LogP contribution is -2.17. The van der Waals surface area contributed by atoms with Crippen LogP contribution in [0.4, 0.5) is 0 Å². The molecule has 0 saturated carbocycles. The van der Waals surface area contributed by atoms with Crippen LogP contribution in [0.15, 0.2) is 39.6 Å². The van der Waals surface area contributed by atoms with E-state index in [1.165, 1.54) is 33.5 Å². The minimum Gasteiger partial charge on any atom is -0.493 e. The summed E-state index contributed by atoms with van der Waals surface area (Å²) in [5.74, 6) is 0.496. The number of methoxy groups -OCH3 is 3. The van der Waals surface area contributed by atoms with Crippen molar-refractivity contribution in [2.45, 2.75) is 0 Å². The van der Waals surface area contributed by atoms with Gasteiger partial charge >= 0.3 is 0 Å². The monoisotopic (exact) mass is 418 g/mol. The molecule has 0 saturated heterocycles. The average molecular weight is 419 g/mol. The number of nitrogens with zero attached hydrogens (tertiary/aromatic N) is 1. The molecule has 0 fully saturated rings. The average Bonchev–Trinajstić information content (AvgIpc) is 2.65. The van der Waals surface area contributed by atoms with Crippen LogP contribution in [0.2, 0.25) is 0 Å². The minimum absolute atomic E-state index is 0.0742. The van der Waals surface area contributed by atoms with Crippen molar-refractivity contribution in [3.63, 3.8) is 0 Å². The Bertz CT molecular complexity index is 1040. The smallest absolute Gasteiger partial charge is 0.259 e. The summed E-state index contributed by atoms with van der Waals surface area (Å²) in [5, 5.41) is 0.398. The van der Waals surface area contributed by atoms with E-state index in [2.05, 4.69) is 25.9 Å². The van der Waals surface area contributed by atoms with Crippen molar-refractivity contribution in [2.75, 3.05) is 21.3 Å². The molecule has 2 aromatic carbocycles. The highest BCUT2D eigenvalue weighted by atomic mass is 79.9. The van der Waals surface area contributed by atoms with Gasteiger partial charge in [0.25, 0.3) is 5.56 Å². The van der Waals surface area contributed by atoms with E-state index in [0.29, 0.717) is 28.2 Å². The van der Waals surface area contributed by atoms with Crippen LogP contribution in [0.1, 0.15) is 16.2 Å². The van der Waals surface area contributed by atoms with Crippen LogP contribution >= 0.6 is 15.9 Å². The quantitative estimate of drug-likeness (QED) is 0.640. The molecule has 0 atom stereocenters. The number of benzene rings is 2. The van der Waals surface area contributed by atoms with Gasteiger partial charge in [-0.15, -0.1) is 0 Å². The number of rotatable bonds is 5. The van der Waals surface area contributed by atoms with Crippen LogP contribution in [0, 0.1) is 0 Å². The van der Waals surface area contributed by atoms with Gasteiger partial charge in [0, 0.05) is 10.0 Å². The van der Waals surface area contributed by atoms with E-state index in [0.717, 1.165) is 4.47 Å². The number of hydrogen-bond donors (Lipinski definition) is 1. The zero-order chi connectivity index (χ0) is 18.8. The Labute approximate surface area is 157 Å². The van der Waals surface area contributed by atoms with Gasteiger partial charge in [0.15, 0.2) is 17.3 Å². The summed E-state index contributed by atoms with van der Waals surface area (Å²) in [6, 6.07) is 8.07. The second-order valence-corrected chi connectivity index (χ2v) is 6.23. The predicted octanol–water partition coefficient (Wildman–Crippen LogP) is 2.94. The molecule has 3 aromatic rings. The molecule has 134 valence electrons. The van der Waals surface area contributed by atoms with Crippen molar-refractivity contribution < 1.29 is 19.0 Å². The van der Waals surface area contributed by atoms with Crippen LogP contribution in [-0.4, -0.2) is 37.1 Å². The Kier molecular flexibility index (Phi) is 4.94. The molecule has 0 spiro atoms. The van der Waals surface area contributed by atoms with Crippen molar-refractivity contribution >= 4 is 32.6 Å². The van der Waals surface area contributed by atoms with Gasteiger partial charge in [0.05, 0.1) is 32.2 Å². The summed E-state index contributed by atoms with van der Waals surface area (Å²) in [6.45, 7) is 0. The van der Waals surface area contributed by atoms with Crippen molar-refractivity contribution in [2.24, 2.45) is 0 Å². The fourth-order valence-electron chi connectivity index (χ4n) is 2.57. The molecule has 0 radical (unpaired) electrons. The second-order valence-electron chi connectivity index (χ2n) is 5.32. The summed E-state index contributed by atoms with van der Waals surface area (Å²) in [6.07, 6.45) is 0. The summed E-state index contributed by atoms with van der Waals surface area (Å²) in [5.41, 5.74) is 0.272. The number of carbonyl (C=O) groups excluding carboxylic acids is 1. The van der Waals surface area contributed by atoms with Crippen molar-refractivity contribution in [1.29, 1.82) is 0 Å². The zero-order valence-electron chi connectivity index (χ0n) is 14.3. The van der Waals surface area contributed by atoms with Crippen molar-refractivity contribution in [1.82, 2.24) is 9.97 Å². The lowest BCUT2D eigenvalue weighted by molar-refractivity contribution is 0.102.